The Hall–Kier alpha value is 0.180. The summed E-state index contributed by atoms with van der Waals surface area (Å²) in [5.41, 5.74) is 5.12. The van der Waals surface area contributed by atoms with Crippen LogP contribution >= 0.6 is 11.8 Å². The average molecular weight is 212 g/mol. The summed E-state index contributed by atoms with van der Waals surface area (Å²) in [7, 11) is -3.45. The molecular weight excluding hydrogens is 200 g/mol. The Bertz CT molecular complexity index is 223. The topological polar surface area (TPSA) is 81.4 Å². The average Bonchev–Trinajstić information content (AvgIpc) is 2.53. The molecule has 1 saturated heterocycles. The SMILES string of the molecule is NCCOS(=O)(=O)C1NCCS1. The van der Waals surface area contributed by atoms with Crippen molar-refractivity contribution in [3.05, 3.63) is 0 Å². The van der Waals surface area contributed by atoms with Crippen molar-refractivity contribution < 1.29 is 12.6 Å². The van der Waals surface area contributed by atoms with Crippen molar-refractivity contribution in [2.45, 2.75) is 4.71 Å². The highest BCUT2D eigenvalue weighted by Gasteiger charge is 2.29. The molecule has 1 rings (SSSR count). The van der Waals surface area contributed by atoms with Crippen LogP contribution in [0, 0.1) is 0 Å². The van der Waals surface area contributed by atoms with Gasteiger partial charge in [-0.15, -0.1) is 11.8 Å². The summed E-state index contributed by atoms with van der Waals surface area (Å²) in [4.78, 5) is 0. The Kier molecular flexibility index (Phi) is 3.78. The van der Waals surface area contributed by atoms with Gasteiger partial charge < -0.3 is 5.73 Å². The van der Waals surface area contributed by atoms with Crippen LogP contribution in [0.4, 0.5) is 0 Å². The first-order valence-corrected chi connectivity index (χ1v) is 6.12. The summed E-state index contributed by atoms with van der Waals surface area (Å²) in [6, 6.07) is 0. The number of hydrogen-bond donors (Lipinski definition) is 2. The van der Waals surface area contributed by atoms with E-state index in [-0.39, 0.29) is 13.2 Å². The fourth-order valence-corrected chi connectivity index (χ4v) is 3.39. The van der Waals surface area contributed by atoms with E-state index in [2.05, 4.69) is 9.50 Å². The van der Waals surface area contributed by atoms with Gasteiger partial charge >= 0.3 is 0 Å². The first kappa shape index (κ1) is 10.3. The van der Waals surface area contributed by atoms with E-state index in [4.69, 9.17) is 5.73 Å². The summed E-state index contributed by atoms with van der Waals surface area (Å²) in [6.07, 6.45) is 0. The van der Waals surface area contributed by atoms with Crippen LogP contribution in [0.1, 0.15) is 0 Å². The summed E-state index contributed by atoms with van der Waals surface area (Å²) in [5, 5.41) is 2.81. The Balaban J connectivity index is 2.46. The Labute approximate surface area is 76.2 Å². The molecule has 0 aromatic carbocycles. The zero-order valence-electron chi connectivity index (χ0n) is 6.52. The van der Waals surface area contributed by atoms with Gasteiger partial charge in [0.05, 0.1) is 6.61 Å². The minimum Gasteiger partial charge on any atom is -0.328 e. The molecule has 0 amide bonds. The molecular formula is C5H12N2O3S2. The van der Waals surface area contributed by atoms with Crippen molar-refractivity contribution in [2.24, 2.45) is 5.73 Å². The lowest BCUT2D eigenvalue weighted by atomic mass is 10.8. The quantitative estimate of drug-likeness (QED) is 0.576. The fourth-order valence-electron chi connectivity index (χ4n) is 0.813. The molecule has 0 spiro atoms. The molecule has 1 aliphatic heterocycles. The summed E-state index contributed by atoms with van der Waals surface area (Å²) >= 11 is 1.33. The van der Waals surface area contributed by atoms with E-state index >= 15 is 0 Å². The van der Waals surface area contributed by atoms with E-state index in [1.807, 2.05) is 0 Å². The zero-order chi connectivity index (χ0) is 9.03. The van der Waals surface area contributed by atoms with Crippen molar-refractivity contribution in [1.29, 1.82) is 0 Å². The van der Waals surface area contributed by atoms with E-state index in [1.165, 1.54) is 11.8 Å². The van der Waals surface area contributed by atoms with Gasteiger partial charge in [0.25, 0.3) is 10.1 Å². The highest BCUT2D eigenvalue weighted by atomic mass is 32.3. The minimum atomic E-state index is -3.45. The second kappa shape index (κ2) is 4.43. The predicted molar refractivity (Wildman–Crippen MR) is 48.2 cm³/mol. The second-order valence-electron chi connectivity index (χ2n) is 2.26. The first-order chi connectivity index (χ1) is 5.67. The summed E-state index contributed by atoms with van der Waals surface area (Å²) in [6.45, 7) is 0.984. The minimum absolute atomic E-state index is 0.0566. The molecule has 0 radical (unpaired) electrons. The van der Waals surface area contributed by atoms with Crippen molar-refractivity contribution in [1.82, 2.24) is 5.32 Å². The van der Waals surface area contributed by atoms with Gasteiger partial charge in [-0.2, -0.15) is 8.42 Å². The molecule has 1 unspecified atom stereocenters. The van der Waals surface area contributed by atoms with Gasteiger partial charge in [-0.05, 0) is 0 Å². The van der Waals surface area contributed by atoms with E-state index in [9.17, 15) is 8.42 Å². The van der Waals surface area contributed by atoms with Gasteiger partial charge in [0.1, 0.15) is 0 Å². The van der Waals surface area contributed by atoms with Crippen LogP contribution in [0.25, 0.3) is 0 Å². The summed E-state index contributed by atoms with van der Waals surface area (Å²) < 4.78 is 26.5. The molecule has 0 aromatic rings. The van der Waals surface area contributed by atoms with Crippen LogP contribution in [0.3, 0.4) is 0 Å². The molecule has 1 fully saturated rings. The number of hydrogen-bond acceptors (Lipinski definition) is 6. The third kappa shape index (κ3) is 2.60. The molecule has 1 heterocycles. The molecule has 72 valence electrons. The van der Waals surface area contributed by atoms with Gasteiger partial charge in [-0.25, -0.2) is 0 Å². The van der Waals surface area contributed by atoms with Crippen LogP contribution in [-0.2, 0) is 14.3 Å². The van der Waals surface area contributed by atoms with Crippen LogP contribution < -0.4 is 11.1 Å². The maximum atomic E-state index is 11.2. The number of nitrogens with one attached hydrogen (secondary N) is 1. The number of nitrogens with two attached hydrogens (primary N) is 1. The van der Waals surface area contributed by atoms with Gasteiger partial charge in [0.2, 0.25) is 0 Å². The van der Waals surface area contributed by atoms with Crippen molar-refractivity contribution in [3.63, 3.8) is 0 Å². The van der Waals surface area contributed by atoms with E-state index in [0.717, 1.165) is 5.75 Å². The lowest BCUT2D eigenvalue weighted by molar-refractivity contribution is 0.324. The molecule has 0 bridgehead atoms. The molecule has 5 nitrogen and oxygen atoms in total. The number of rotatable bonds is 4. The lowest BCUT2D eigenvalue weighted by Gasteiger charge is -2.09. The molecule has 0 aliphatic carbocycles. The smallest absolute Gasteiger partial charge is 0.293 e. The second-order valence-corrected chi connectivity index (χ2v) is 5.46. The van der Waals surface area contributed by atoms with E-state index < -0.39 is 14.8 Å². The maximum absolute atomic E-state index is 11.2. The van der Waals surface area contributed by atoms with Crippen molar-refractivity contribution in [2.75, 3.05) is 25.4 Å². The normalized spacial score (nSPS) is 24.6. The molecule has 0 aromatic heterocycles. The standard InChI is InChI=1S/C5H12N2O3S2/c6-1-3-10-12(8,9)5-7-2-4-11-5/h5,7H,1-4,6H2. The Morgan fingerprint density at radius 2 is 2.42 bits per heavy atom. The monoisotopic (exact) mass is 212 g/mol. The molecule has 1 atom stereocenters. The first-order valence-electron chi connectivity index (χ1n) is 3.60. The molecule has 1 aliphatic rings. The Morgan fingerprint density at radius 1 is 1.67 bits per heavy atom. The maximum Gasteiger partial charge on any atom is 0.293 e. The lowest BCUT2D eigenvalue weighted by Crippen LogP contribution is -2.31. The van der Waals surface area contributed by atoms with Crippen molar-refractivity contribution in [3.8, 4) is 0 Å². The van der Waals surface area contributed by atoms with Gasteiger partial charge in [0.15, 0.2) is 4.71 Å². The van der Waals surface area contributed by atoms with Crippen LogP contribution in [-0.4, -0.2) is 38.6 Å². The fraction of sp³-hybridized carbons (Fsp3) is 1.00. The number of thioether (sulfide) groups is 1. The van der Waals surface area contributed by atoms with E-state index in [1.54, 1.807) is 0 Å². The van der Waals surface area contributed by atoms with E-state index in [0.29, 0.717) is 6.54 Å². The molecule has 3 N–H and O–H groups in total. The molecule has 0 saturated carbocycles. The highest BCUT2D eigenvalue weighted by Crippen LogP contribution is 2.20. The molecule has 7 heteroatoms. The Morgan fingerprint density at radius 3 is 2.92 bits per heavy atom. The largest absolute Gasteiger partial charge is 0.328 e. The summed E-state index contributed by atoms with van der Waals surface area (Å²) in [5.74, 6) is 0.801. The van der Waals surface area contributed by atoms with Gasteiger partial charge in [0, 0.05) is 18.8 Å². The van der Waals surface area contributed by atoms with Gasteiger partial charge in [-0.1, -0.05) is 0 Å². The van der Waals surface area contributed by atoms with Crippen LogP contribution in [0.15, 0.2) is 0 Å². The molecule has 12 heavy (non-hydrogen) atoms. The zero-order valence-corrected chi connectivity index (χ0v) is 8.16. The predicted octanol–water partition coefficient (Wildman–Crippen LogP) is -1.09. The third-order valence-corrected chi connectivity index (χ3v) is 4.52. The van der Waals surface area contributed by atoms with Crippen molar-refractivity contribution >= 4 is 21.9 Å². The highest BCUT2D eigenvalue weighted by molar-refractivity contribution is 8.12. The van der Waals surface area contributed by atoms with Crippen LogP contribution in [0.5, 0.6) is 0 Å². The van der Waals surface area contributed by atoms with Gasteiger partial charge in [-0.3, -0.25) is 9.50 Å². The third-order valence-electron chi connectivity index (χ3n) is 1.31. The van der Waals surface area contributed by atoms with Crippen LogP contribution in [0.2, 0.25) is 0 Å².